The number of rotatable bonds is 4. The van der Waals surface area contributed by atoms with E-state index in [0.717, 1.165) is 24.9 Å². The molecule has 1 saturated heterocycles. The predicted octanol–water partition coefficient (Wildman–Crippen LogP) is 1.64. The average molecular weight is 205 g/mol. The van der Waals surface area contributed by atoms with Gasteiger partial charge in [-0.25, -0.2) is 0 Å². The van der Waals surface area contributed by atoms with E-state index in [9.17, 15) is 0 Å². The van der Waals surface area contributed by atoms with Crippen molar-refractivity contribution >= 4 is 11.6 Å². The van der Waals surface area contributed by atoms with E-state index in [1.54, 1.807) is 0 Å². The third-order valence-electron chi connectivity index (χ3n) is 2.96. The molecule has 2 nitrogen and oxygen atoms in total. The number of likely N-dealkylation sites (tertiary alicyclic amines) is 1. The highest BCUT2D eigenvalue weighted by Gasteiger charge is 2.19. The van der Waals surface area contributed by atoms with Crippen molar-refractivity contribution in [3.8, 4) is 0 Å². The molecule has 0 unspecified atom stereocenters. The number of hydrogen-bond donors (Lipinski definition) is 0. The summed E-state index contributed by atoms with van der Waals surface area (Å²) >= 11 is 5.67. The van der Waals surface area contributed by atoms with Crippen LogP contribution in [0, 0.1) is 0 Å². The van der Waals surface area contributed by atoms with Gasteiger partial charge < -0.3 is 9.80 Å². The minimum atomic E-state index is 0.789. The first kappa shape index (κ1) is 11.3. The van der Waals surface area contributed by atoms with E-state index in [0.29, 0.717) is 0 Å². The number of nitrogens with zero attached hydrogens (tertiary/aromatic N) is 2. The molecule has 78 valence electrons. The van der Waals surface area contributed by atoms with Gasteiger partial charge in [-0.05, 0) is 53.0 Å². The topological polar surface area (TPSA) is 6.48 Å². The van der Waals surface area contributed by atoms with E-state index < -0.39 is 0 Å². The monoisotopic (exact) mass is 204 g/mol. The van der Waals surface area contributed by atoms with Crippen molar-refractivity contribution in [1.29, 1.82) is 0 Å². The Labute approximate surface area is 86.8 Å². The minimum absolute atomic E-state index is 0.789. The van der Waals surface area contributed by atoms with Crippen LogP contribution in [0.1, 0.15) is 19.3 Å². The molecule has 1 rings (SSSR count). The van der Waals surface area contributed by atoms with Crippen molar-refractivity contribution in [3.63, 3.8) is 0 Å². The second-order valence-electron chi connectivity index (χ2n) is 4.06. The molecule has 1 fully saturated rings. The van der Waals surface area contributed by atoms with Gasteiger partial charge in [-0.1, -0.05) is 0 Å². The third kappa shape index (κ3) is 3.84. The van der Waals surface area contributed by atoms with Crippen LogP contribution >= 0.6 is 11.6 Å². The Hall–Kier alpha value is 0.210. The Balaban J connectivity index is 2.19. The first-order chi connectivity index (χ1) is 6.24. The summed E-state index contributed by atoms with van der Waals surface area (Å²) in [4.78, 5) is 4.88. The van der Waals surface area contributed by atoms with Crippen LogP contribution < -0.4 is 0 Å². The van der Waals surface area contributed by atoms with E-state index in [2.05, 4.69) is 23.9 Å². The summed E-state index contributed by atoms with van der Waals surface area (Å²) in [5.74, 6) is 0.789. The second kappa shape index (κ2) is 5.84. The van der Waals surface area contributed by atoms with E-state index in [-0.39, 0.29) is 0 Å². The quantitative estimate of drug-likeness (QED) is 0.643. The van der Waals surface area contributed by atoms with Crippen LogP contribution in [-0.4, -0.2) is 55.5 Å². The van der Waals surface area contributed by atoms with Crippen LogP contribution in [0.5, 0.6) is 0 Å². The molecule has 1 aliphatic heterocycles. The molecule has 0 bridgehead atoms. The van der Waals surface area contributed by atoms with Crippen LogP contribution in [0.2, 0.25) is 0 Å². The maximum atomic E-state index is 5.67. The van der Waals surface area contributed by atoms with Crippen molar-refractivity contribution in [2.45, 2.75) is 25.3 Å². The molecule has 0 aromatic heterocycles. The van der Waals surface area contributed by atoms with Crippen molar-refractivity contribution in [2.24, 2.45) is 0 Å². The Bertz CT molecular complexity index is 133. The molecule has 0 atom stereocenters. The van der Waals surface area contributed by atoms with Crippen LogP contribution in [0.4, 0.5) is 0 Å². The highest BCUT2D eigenvalue weighted by Crippen LogP contribution is 2.14. The van der Waals surface area contributed by atoms with Gasteiger partial charge in [-0.2, -0.15) is 0 Å². The molecule has 0 aromatic carbocycles. The molecule has 0 radical (unpaired) electrons. The van der Waals surface area contributed by atoms with Gasteiger partial charge in [0.2, 0.25) is 0 Å². The number of halogens is 1. The molecule has 13 heavy (non-hydrogen) atoms. The summed E-state index contributed by atoms with van der Waals surface area (Å²) in [6.07, 6.45) is 3.75. The van der Waals surface area contributed by atoms with Gasteiger partial charge in [0.05, 0.1) is 0 Å². The summed E-state index contributed by atoms with van der Waals surface area (Å²) < 4.78 is 0. The van der Waals surface area contributed by atoms with E-state index in [1.807, 2.05) is 0 Å². The lowest BCUT2D eigenvalue weighted by Gasteiger charge is -2.35. The Kier molecular flexibility index (Phi) is 5.07. The number of piperidine rings is 1. The van der Waals surface area contributed by atoms with Crippen molar-refractivity contribution < 1.29 is 0 Å². The van der Waals surface area contributed by atoms with Gasteiger partial charge in [0.15, 0.2) is 0 Å². The van der Waals surface area contributed by atoms with E-state index >= 15 is 0 Å². The van der Waals surface area contributed by atoms with Crippen molar-refractivity contribution in [2.75, 3.05) is 39.6 Å². The number of hydrogen-bond acceptors (Lipinski definition) is 2. The average Bonchev–Trinajstić information content (AvgIpc) is 2.15. The zero-order valence-electron chi connectivity index (χ0n) is 8.80. The molecule has 1 heterocycles. The second-order valence-corrected chi connectivity index (χ2v) is 4.44. The lowest BCUT2D eigenvalue weighted by Crippen LogP contribution is -2.42. The minimum Gasteiger partial charge on any atom is -0.306 e. The molecule has 3 heteroatoms. The smallest absolute Gasteiger partial charge is 0.0235 e. The molecular formula is C10H21ClN2. The summed E-state index contributed by atoms with van der Waals surface area (Å²) in [5, 5.41) is 0. The van der Waals surface area contributed by atoms with Crippen LogP contribution in [-0.2, 0) is 0 Å². The predicted molar refractivity (Wildman–Crippen MR) is 58.5 cm³/mol. The zero-order valence-corrected chi connectivity index (χ0v) is 9.56. The standard InChI is InChI=1S/C10H21ClN2/c1-12-8-4-10(5-9-12)13(2)7-3-6-11/h10H,3-9H2,1-2H3. The van der Waals surface area contributed by atoms with Crippen LogP contribution in [0.15, 0.2) is 0 Å². The van der Waals surface area contributed by atoms with Gasteiger partial charge in [0.1, 0.15) is 0 Å². The fraction of sp³-hybridized carbons (Fsp3) is 1.00. The maximum Gasteiger partial charge on any atom is 0.0235 e. The molecule has 0 spiro atoms. The van der Waals surface area contributed by atoms with E-state index in [1.165, 1.54) is 25.9 Å². The van der Waals surface area contributed by atoms with E-state index in [4.69, 9.17) is 11.6 Å². The van der Waals surface area contributed by atoms with Crippen LogP contribution in [0.25, 0.3) is 0 Å². The lowest BCUT2D eigenvalue weighted by molar-refractivity contribution is 0.145. The highest BCUT2D eigenvalue weighted by atomic mass is 35.5. The molecular weight excluding hydrogens is 184 g/mol. The fourth-order valence-corrected chi connectivity index (χ4v) is 2.05. The summed E-state index contributed by atoms with van der Waals surface area (Å²) in [6, 6.07) is 0.791. The Morgan fingerprint density at radius 3 is 2.54 bits per heavy atom. The summed E-state index contributed by atoms with van der Waals surface area (Å²) in [5.41, 5.74) is 0. The first-order valence-corrected chi connectivity index (χ1v) is 5.72. The normalized spacial score (nSPS) is 21.2. The molecule has 0 aromatic rings. The fourth-order valence-electron chi connectivity index (χ4n) is 1.93. The highest BCUT2D eigenvalue weighted by molar-refractivity contribution is 6.17. The maximum absolute atomic E-state index is 5.67. The molecule has 0 saturated carbocycles. The largest absolute Gasteiger partial charge is 0.306 e. The SMILES string of the molecule is CN1CCC(N(C)CCCCl)CC1. The molecule has 0 aliphatic carbocycles. The van der Waals surface area contributed by atoms with Gasteiger partial charge in [0, 0.05) is 11.9 Å². The van der Waals surface area contributed by atoms with Gasteiger partial charge in [0.25, 0.3) is 0 Å². The Morgan fingerprint density at radius 1 is 1.38 bits per heavy atom. The summed E-state index contributed by atoms with van der Waals surface area (Å²) in [7, 11) is 4.43. The molecule has 0 amide bonds. The zero-order chi connectivity index (χ0) is 9.68. The lowest BCUT2D eigenvalue weighted by atomic mass is 10.0. The molecule has 0 N–H and O–H groups in total. The first-order valence-electron chi connectivity index (χ1n) is 5.19. The number of alkyl halides is 1. The third-order valence-corrected chi connectivity index (χ3v) is 3.22. The van der Waals surface area contributed by atoms with Crippen LogP contribution in [0.3, 0.4) is 0 Å². The summed E-state index contributed by atoms with van der Waals surface area (Å²) in [6.45, 7) is 3.64. The van der Waals surface area contributed by atoms with Gasteiger partial charge in [-0.3, -0.25) is 0 Å². The molecule has 1 aliphatic rings. The van der Waals surface area contributed by atoms with Crippen molar-refractivity contribution in [1.82, 2.24) is 9.80 Å². The van der Waals surface area contributed by atoms with Gasteiger partial charge >= 0.3 is 0 Å². The van der Waals surface area contributed by atoms with Crippen molar-refractivity contribution in [3.05, 3.63) is 0 Å². The van der Waals surface area contributed by atoms with Gasteiger partial charge in [-0.15, -0.1) is 11.6 Å². The Morgan fingerprint density at radius 2 is 2.00 bits per heavy atom.